The molecule has 14 nitrogen and oxygen atoms in total. The lowest BCUT2D eigenvalue weighted by Crippen LogP contribution is -2.71. The van der Waals surface area contributed by atoms with Crippen molar-refractivity contribution in [2.45, 2.75) is 36.4 Å². The van der Waals surface area contributed by atoms with Gasteiger partial charge in [-0.05, 0) is 16.7 Å². The number of oxime groups is 1. The highest BCUT2D eigenvalue weighted by Crippen LogP contribution is 2.42. The second-order valence-corrected chi connectivity index (χ2v) is 14.5. The molecule has 0 aliphatic carbocycles. The molecule has 4 N–H and O–H groups in total. The van der Waals surface area contributed by atoms with Gasteiger partial charge in [-0.2, -0.15) is 0 Å². The largest absolute Gasteiger partial charge is 0.477 e. The third kappa shape index (κ3) is 7.04. The average Bonchev–Trinajstić information content (AvgIpc) is 3.83. The molecule has 4 aromatic rings. The molecule has 3 aliphatic heterocycles. The number of thioether (sulfide) groups is 1. The molecule has 0 radical (unpaired) electrons. The van der Waals surface area contributed by atoms with Gasteiger partial charge in [0.1, 0.15) is 35.0 Å². The summed E-state index contributed by atoms with van der Waals surface area (Å²) in [5.74, 6) is -3.63. The molecule has 0 saturated carbocycles. The van der Waals surface area contributed by atoms with Crippen molar-refractivity contribution in [1.29, 1.82) is 0 Å². The molecule has 3 aliphatic rings. The minimum absolute atomic E-state index is 0.121. The number of aromatic nitrogens is 1. The summed E-state index contributed by atoms with van der Waals surface area (Å²) in [5, 5.41) is 24.4. The van der Waals surface area contributed by atoms with Crippen LogP contribution in [0.1, 0.15) is 35.7 Å². The number of rotatable bonds is 13. The van der Waals surface area contributed by atoms with Gasteiger partial charge >= 0.3 is 11.9 Å². The Morgan fingerprint density at radius 3 is 2.13 bits per heavy atom. The van der Waals surface area contributed by atoms with E-state index in [1.165, 1.54) is 30.0 Å². The van der Waals surface area contributed by atoms with Crippen LogP contribution < -0.4 is 16.0 Å². The number of β-lactam (4-membered cyclic amide) rings is 1. The Bertz CT molecular complexity index is 2050. The molecule has 3 aromatic carbocycles. The summed E-state index contributed by atoms with van der Waals surface area (Å²) in [4.78, 5) is 74.8. The van der Waals surface area contributed by atoms with Crippen LogP contribution in [-0.4, -0.2) is 86.8 Å². The maximum absolute atomic E-state index is 14.0. The standard InChI is InChI=1S/C38H34N6O8S2/c1-22(45)51-19-23-20-53-35-30(34(48)44(35)31(23)36(49)50)41-33(47)29(43-52-28-17-18-39-32(28)46)27-21-54-37(40-27)42-38(24-11-5-2-6-12-24,25-13-7-3-8-14-25)26-15-9-4-10-16-26/h2-16,21,28,30,35H,17-20H2,1H3,(H,39,46)(H,40,42)(H,41,47)(H,49,50)/b43-29-/t28?,30-,35+/m0/s1. The number of benzene rings is 3. The van der Waals surface area contributed by atoms with E-state index >= 15 is 0 Å². The molecule has 3 atom stereocenters. The zero-order chi connectivity index (χ0) is 37.8. The third-order valence-electron chi connectivity index (χ3n) is 9.13. The first-order valence-corrected chi connectivity index (χ1v) is 18.9. The molecular weight excluding hydrogens is 733 g/mol. The summed E-state index contributed by atoms with van der Waals surface area (Å²) >= 11 is 2.45. The lowest BCUT2D eigenvalue weighted by molar-refractivity contribution is -0.150. The van der Waals surface area contributed by atoms with Crippen molar-refractivity contribution < 1.29 is 38.7 Å². The van der Waals surface area contributed by atoms with Crippen molar-refractivity contribution in [2.24, 2.45) is 5.16 Å². The Balaban J connectivity index is 1.20. The number of thiazole rings is 1. The molecule has 276 valence electrons. The van der Waals surface area contributed by atoms with Crippen LogP contribution in [-0.2, 0) is 39.1 Å². The van der Waals surface area contributed by atoms with Gasteiger partial charge in [0.05, 0.1) is 0 Å². The predicted molar refractivity (Wildman–Crippen MR) is 200 cm³/mol. The Kier molecular flexibility index (Phi) is 10.5. The van der Waals surface area contributed by atoms with E-state index in [2.05, 4.69) is 21.1 Å². The van der Waals surface area contributed by atoms with Gasteiger partial charge in [0.2, 0.25) is 6.10 Å². The number of carbonyl (C=O) groups excluding carboxylic acids is 4. The molecule has 16 heteroatoms. The van der Waals surface area contributed by atoms with Crippen LogP contribution in [0.5, 0.6) is 0 Å². The van der Waals surface area contributed by atoms with Crippen LogP contribution in [0.15, 0.2) is 113 Å². The number of amides is 3. The predicted octanol–water partition coefficient (Wildman–Crippen LogP) is 3.46. The minimum Gasteiger partial charge on any atom is -0.477 e. The number of nitrogens with zero attached hydrogens (tertiary/aromatic N) is 3. The van der Waals surface area contributed by atoms with Gasteiger partial charge < -0.3 is 30.6 Å². The fourth-order valence-corrected chi connectivity index (χ4v) is 8.64. The highest BCUT2D eigenvalue weighted by Gasteiger charge is 2.54. The fourth-order valence-electron chi connectivity index (χ4n) is 6.57. The number of hydrogen-bond donors (Lipinski definition) is 4. The van der Waals surface area contributed by atoms with Crippen molar-refractivity contribution in [3.05, 3.63) is 130 Å². The quantitative estimate of drug-likeness (QED) is 0.0513. The van der Waals surface area contributed by atoms with E-state index in [-0.39, 0.29) is 40.9 Å². The van der Waals surface area contributed by atoms with E-state index in [1.807, 2.05) is 91.0 Å². The Hall–Kier alpha value is -6.00. The van der Waals surface area contributed by atoms with Crippen molar-refractivity contribution in [2.75, 3.05) is 24.2 Å². The molecule has 1 aromatic heterocycles. The number of carboxylic acid groups (broad SMARTS) is 1. The number of fused-ring (bicyclic) bond motifs is 1. The first kappa shape index (κ1) is 36.4. The van der Waals surface area contributed by atoms with E-state index in [1.54, 1.807) is 5.38 Å². The smallest absolute Gasteiger partial charge is 0.352 e. The van der Waals surface area contributed by atoms with Gasteiger partial charge in [0.15, 0.2) is 10.8 Å². The first-order chi connectivity index (χ1) is 26.2. The third-order valence-corrected chi connectivity index (χ3v) is 11.2. The molecule has 7 rings (SSSR count). The van der Waals surface area contributed by atoms with Gasteiger partial charge in [-0.25, -0.2) is 9.78 Å². The number of ether oxygens (including phenoxy) is 1. The van der Waals surface area contributed by atoms with Crippen LogP contribution >= 0.6 is 23.1 Å². The van der Waals surface area contributed by atoms with E-state index in [0.29, 0.717) is 18.1 Å². The highest BCUT2D eigenvalue weighted by atomic mass is 32.2. The maximum atomic E-state index is 14.0. The van der Waals surface area contributed by atoms with Crippen molar-refractivity contribution in [1.82, 2.24) is 20.5 Å². The summed E-state index contributed by atoms with van der Waals surface area (Å²) in [6.45, 7) is 1.31. The van der Waals surface area contributed by atoms with Crippen LogP contribution in [0.2, 0.25) is 0 Å². The average molecular weight is 767 g/mol. The summed E-state index contributed by atoms with van der Waals surface area (Å²) in [7, 11) is 0. The Morgan fingerprint density at radius 1 is 0.981 bits per heavy atom. The van der Waals surface area contributed by atoms with Crippen LogP contribution in [0.3, 0.4) is 0 Å². The number of nitrogens with one attached hydrogen (secondary N) is 3. The highest BCUT2D eigenvalue weighted by molar-refractivity contribution is 8.00. The molecule has 2 fully saturated rings. The number of esters is 1. The summed E-state index contributed by atoms with van der Waals surface area (Å²) < 4.78 is 5.01. The Labute approximate surface area is 317 Å². The summed E-state index contributed by atoms with van der Waals surface area (Å²) in [6, 6.07) is 28.6. The van der Waals surface area contributed by atoms with Crippen molar-refractivity contribution in [3.63, 3.8) is 0 Å². The second kappa shape index (κ2) is 15.5. The molecule has 1 unspecified atom stereocenters. The van der Waals surface area contributed by atoms with E-state index < -0.39 is 46.8 Å². The molecule has 54 heavy (non-hydrogen) atoms. The summed E-state index contributed by atoms with van der Waals surface area (Å²) in [5.41, 5.74) is 1.72. The van der Waals surface area contributed by atoms with Crippen molar-refractivity contribution in [3.8, 4) is 0 Å². The molecule has 4 heterocycles. The number of hydrogen-bond acceptors (Lipinski definition) is 12. The topological polar surface area (TPSA) is 189 Å². The Morgan fingerprint density at radius 2 is 1.59 bits per heavy atom. The van der Waals surface area contributed by atoms with Crippen LogP contribution in [0.25, 0.3) is 0 Å². The molecular formula is C38H34N6O8S2. The molecule has 0 bridgehead atoms. The number of carbonyl (C=O) groups is 5. The lowest BCUT2D eigenvalue weighted by atomic mass is 9.77. The normalized spacial score (nSPS) is 19.7. The lowest BCUT2D eigenvalue weighted by Gasteiger charge is -2.49. The fraction of sp³-hybridized carbons (Fsp3) is 0.237. The van der Waals surface area contributed by atoms with Gasteiger partial charge in [0, 0.05) is 36.6 Å². The van der Waals surface area contributed by atoms with Gasteiger partial charge in [0.25, 0.3) is 17.7 Å². The second-order valence-electron chi connectivity index (χ2n) is 12.5. The molecule has 2 saturated heterocycles. The number of carboxylic acids is 1. The van der Waals surface area contributed by atoms with Crippen LogP contribution in [0.4, 0.5) is 5.13 Å². The monoisotopic (exact) mass is 766 g/mol. The van der Waals surface area contributed by atoms with Crippen LogP contribution in [0, 0.1) is 0 Å². The van der Waals surface area contributed by atoms with Gasteiger partial charge in [-0.3, -0.25) is 24.1 Å². The zero-order valence-electron chi connectivity index (χ0n) is 28.8. The maximum Gasteiger partial charge on any atom is 0.352 e. The molecule has 0 spiro atoms. The van der Waals surface area contributed by atoms with E-state index in [4.69, 9.17) is 14.6 Å². The first-order valence-electron chi connectivity index (χ1n) is 16.9. The minimum atomic E-state index is -1.36. The number of anilines is 1. The van der Waals surface area contributed by atoms with E-state index in [9.17, 15) is 29.1 Å². The molecule has 3 amide bonds. The van der Waals surface area contributed by atoms with Crippen molar-refractivity contribution >= 4 is 63.6 Å². The zero-order valence-corrected chi connectivity index (χ0v) is 30.4. The SMILES string of the molecule is CC(=O)OCC1=C(C(=O)O)N2C(=O)[C@H](NC(=O)/C(=N\OC3CCNC3=O)c3csc(NC(c4ccccc4)(c4ccccc4)c4ccccc4)n3)[C@H]2SC1. The van der Waals surface area contributed by atoms with Gasteiger partial charge in [-0.1, -0.05) is 96.2 Å². The van der Waals surface area contributed by atoms with E-state index in [0.717, 1.165) is 21.6 Å². The number of aliphatic carboxylic acids is 1. The van der Waals surface area contributed by atoms with Gasteiger partial charge in [-0.15, -0.1) is 23.1 Å². The summed E-state index contributed by atoms with van der Waals surface area (Å²) in [6.07, 6.45) is -0.594.